The smallest absolute Gasteiger partial charge is 0.341 e. The van der Waals surface area contributed by atoms with E-state index in [1.165, 1.54) is 0 Å². The van der Waals surface area contributed by atoms with Crippen molar-refractivity contribution in [3.63, 3.8) is 0 Å². The van der Waals surface area contributed by atoms with Gasteiger partial charge >= 0.3 is 13.6 Å². The Morgan fingerprint density at radius 3 is 1.93 bits per heavy atom. The van der Waals surface area contributed by atoms with Crippen LogP contribution in [0.15, 0.2) is 0 Å². The highest BCUT2D eigenvalue weighted by Gasteiger charge is 2.28. The summed E-state index contributed by atoms with van der Waals surface area (Å²) in [4.78, 5) is 11.1. The summed E-state index contributed by atoms with van der Waals surface area (Å²) in [6.07, 6.45) is -0.317. The number of rotatable bonds is 7. The zero-order valence-corrected chi connectivity index (χ0v) is 9.71. The van der Waals surface area contributed by atoms with E-state index in [2.05, 4.69) is 4.74 Å². The lowest BCUT2D eigenvalue weighted by atomic mass is 10.9. The van der Waals surface area contributed by atoms with Gasteiger partial charge in [-0.05, 0) is 20.8 Å². The Morgan fingerprint density at radius 2 is 1.57 bits per heavy atom. The minimum absolute atomic E-state index is 0.247. The molecule has 6 heteroatoms. The molecule has 0 aliphatic carbocycles. The molecule has 0 saturated carbocycles. The Kier molecular flexibility index (Phi) is 6.79. The summed E-state index contributed by atoms with van der Waals surface area (Å²) in [5, 5.41) is 0. The fourth-order valence-electron chi connectivity index (χ4n) is 0.887. The van der Waals surface area contributed by atoms with Gasteiger partial charge in [-0.1, -0.05) is 0 Å². The van der Waals surface area contributed by atoms with E-state index in [4.69, 9.17) is 9.05 Å². The monoisotopic (exact) mass is 226 g/mol. The quantitative estimate of drug-likeness (QED) is 0.489. The molecule has 0 fully saturated rings. The summed E-state index contributed by atoms with van der Waals surface area (Å²) in [5.41, 5.74) is 0. The van der Waals surface area contributed by atoms with Crippen molar-refractivity contribution in [3.05, 3.63) is 0 Å². The van der Waals surface area contributed by atoms with E-state index in [0.717, 1.165) is 0 Å². The number of carbonyl (C=O) groups is 1. The predicted octanol–water partition coefficient (Wildman–Crippen LogP) is 1.82. The average Bonchev–Trinajstić information content (AvgIpc) is 2.04. The van der Waals surface area contributed by atoms with Crippen LogP contribution in [0.3, 0.4) is 0 Å². The Balaban J connectivity index is 4.21. The van der Waals surface area contributed by atoms with Gasteiger partial charge in [-0.25, -0.2) is 0 Å². The fraction of sp³-hybridized carbons (Fsp3) is 0.875. The Hall–Kier alpha value is -0.380. The van der Waals surface area contributed by atoms with Gasteiger partial charge in [0.1, 0.15) is 6.16 Å². The minimum atomic E-state index is -3.28. The second kappa shape index (κ2) is 6.98. The second-order valence-electron chi connectivity index (χ2n) is 2.41. The summed E-state index contributed by atoms with van der Waals surface area (Å²) in [5.74, 6) is -0.558. The van der Waals surface area contributed by atoms with Gasteiger partial charge in [0.2, 0.25) is 0 Å². The van der Waals surface area contributed by atoms with Crippen molar-refractivity contribution >= 4 is 13.6 Å². The molecule has 84 valence electrons. The van der Waals surface area contributed by atoms with E-state index in [0.29, 0.717) is 0 Å². The number of esters is 1. The van der Waals surface area contributed by atoms with Crippen LogP contribution in [0, 0.1) is 0 Å². The van der Waals surface area contributed by atoms with Crippen molar-refractivity contribution in [2.75, 3.05) is 26.0 Å². The Bertz CT molecular complexity index is 206. The zero-order chi connectivity index (χ0) is 11.0. The second-order valence-corrected chi connectivity index (χ2v) is 4.46. The van der Waals surface area contributed by atoms with Crippen molar-refractivity contribution in [2.24, 2.45) is 0 Å². The number of hydrogen-bond donors (Lipinski definition) is 0. The number of hydrogen-bond acceptors (Lipinski definition) is 5. The molecule has 0 bridgehead atoms. The molecule has 0 aromatic heterocycles. The molecule has 0 aliphatic heterocycles. The first-order valence-corrected chi connectivity index (χ1v) is 6.34. The van der Waals surface area contributed by atoms with Crippen LogP contribution in [0.25, 0.3) is 0 Å². The molecule has 0 amide bonds. The van der Waals surface area contributed by atoms with Gasteiger partial charge in [-0.15, -0.1) is 0 Å². The first-order chi connectivity index (χ1) is 6.58. The topological polar surface area (TPSA) is 61.8 Å². The Morgan fingerprint density at radius 1 is 1.07 bits per heavy atom. The van der Waals surface area contributed by atoms with Crippen LogP contribution >= 0.6 is 7.60 Å². The van der Waals surface area contributed by atoms with Crippen molar-refractivity contribution in [3.8, 4) is 0 Å². The molecule has 0 unspecified atom stereocenters. The van der Waals surface area contributed by atoms with E-state index >= 15 is 0 Å². The van der Waals surface area contributed by atoms with E-state index < -0.39 is 13.6 Å². The average molecular weight is 226 g/mol. The summed E-state index contributed by atoms with van der Waals surface area (Å²) in [7, 11) is -3.28. The molecule has 0 heterocycles. The first kappa shape index (κ1) is 13.6. The lowest BCUT2D eigenvalue weighted by Gasteiger charge is -2.15. The molecule has 0 N–H and O–H groups in total. The van der Waals surface area contributed by atoms with Crippen LogP contribution < -0.4 is 0 Å². The fourth-order valence-corrected chi connectivity index (χ4v) is 2.34. The van der Waals surface area contributed by atoms with Gasteiger partial charge in [0.05, 0.1) is 19.8 Å². The van der Waals surface area contributed by atoms with E-state index in [1.54, 1.807) is 20.8 Å². The van der Waals surface area contributed by atoms with Crippen LogP contribution in [0.2, 0.25) is 0 Å². The van der Waals surface area contributed by atoms with Crippen molar-refractivity contribution < 1.29 is 23.1 Å². The SMILES string of the molecule is CCO[14C](=O)CP(=O)(OCC)OCC. The van der Waals surface area contributed by atoms with E-state index in [9.17, 15) is 9.36 Å². The van der Waals surface area contributed by atoms with Crippen LogP contribution in [-0.4, -0.2) is 32.0 Å². The van der Waals surface area contributed by atoms with Crippen molar-refractivity contribution in [2.45, 2.75) is 20.8 Å². The maximum atomic E-state index is 11.8. The molecular formula is C8H17O5P. The van der Waals surface area contributed by atoms with E-state index in [1.807, 2.05) is 0 Å². The minimum Gasteiger partial charge on any atom is -0.466 e. The van der Waals surface area contributed by atoms with Gasteiger partial charge in [-0.3, -0.25) is 9.36 Å². The van der Waals surface area contributed by atoms with Crippen LogP contribution in [0.5, 0.6) is 0 Å². The van der Waals surface area contributed by atoms with Crippen LogP contribution in [0.4, 0.5) is 0 Å². The summed E-state index contributed by atoms with van der Waals surface area (Å²) in [6.45, 7) is 5.82. The maximum absolute atomic E-state index is 11.8. The largest absolute Gasteiger partial charge is 0.466 e. The summed E-state index contributed by atoms with van der Waals surface area (Å²) >= 11 is 0. The van der Waals surface area contributed by atoms with Gasteiger partial charge in [0, 0.05) is 0 Å². The number of carbonyl (C=O) groups excluding carboxylic acids is 1. The van der Waals surface area contributed by atoms with Gasteiger partial charge in [0.15, 0.2) is 0 Å². The standard InChI is InChI=1S/C8H17O5P/c1-4-11-8(9)7-14(10,12-5-2)13-6-3/h4-7H2,1-3H3/i8+2. The highest BCUT2D eigenvalue weighted by atomic mass is 31.2. The predicted molar refractivity (Wildman–Crippen MR) is 52.4 cm³/mol. The van der Waals surface area contributed by atoms with Crippen molar-refractivity contribution in [1.82, 2.24) is 0 Å². The lowest BCUT2D eigenvalue weighted by molar-refractivity contribution is -0.140. The molecule has 14 heavy (non-hydrogen) atoms. The van der Waals surface area contributed by atoms with E-state index in [-0.39, 0.29) is 26.0 Å². The molecule has 0 spiro atoms. The van der Waals surface area contributed by atoms with Crippen molar-refractivity contribution in [1.29, 1.82) is 0 Å². The molecule has 0 aromatic carbocycles. The molecule has 0 aromatic rings. The molecule has 0 saturated heterocycles. The molecule has 0 aliphatic rings. The third kappa shape index (κ3) is 5.37. The van der Waals surface area contributed by atoms with Crippen LogP contribution in [0.1, 0.15) is 20.8 Å². The molecular weight excluding hydrogens is 209 g/mol. The first-order valence-electron chi connectivity index (χ1n) is 4.61. The highest BCUT2D eigenvalue weighted by Crippen LogP contribution is 2.47. The zero-order valence-electron chi connectivity index (χ0n) is 8.82. The lowest BCUT2D eigenvalue weighted by Crippen LogP contribution is -2.12. The molecule has 0 radical (unpaired) electrons. The Labute approximate surface area is 84.3 Å². The molecule has 0 atom stereocenters. The van der Waals surface area contributed by atoms with Crippen LogP contribution in [-0.2, 0) is 23.1 Å². The maximum Gasteiger partial charge on any atom is 0.341 e. The summed E-state index contributed by atoms with van der Waals surface area (Å²) < 4.78 is 26.3. The highest BCUT2D eigenvalue weighted by molar-refractivity contribution is 7.54. The molecule has 0 rings (SSSR count). The third-order valence-corrected chi connectivity index (χ3v) is 3.23. The van der Waals surface area contributed by atoms with Gasteiger partial charge in [0.25, 0.3) is 0 Å². The van der Waals surface area contributed by atoms with Gasteiger partial charge < -0.3 is 13.8 Å². The third-order valence-electron chi connectivity index (χ3n) is 1.28. The van der Waals surface area contributed by atoms with Gasteiger partial charge in [-0.2, -0.15) is 0 Å². The number of ether oxygens (including phenoxy) is 1. The summed E-state index contributed by atoms with van der Waals surface area (Å²) in [6, 6.07) is 0. The normalized spacial score (nSPS) is 11.4. The molecule has 5 nitrogen and oxygen atoms in total.